The third-order valence-electron chi connectivity index (χ3n) is 2.69. The molecule has 1 fully saturated rings. The molecule has 0 aliphatic carbocycles. The van der Waals surface area contributed by atoms with E-state index in [2.05, 4.69) is 9.88 Å². The van der Waals surface area contributed by atoms with E-state index in [9.17, 15) is 0 Å². The normalized spacial score (nSPS) is 17.1. The Morgan fingerprint density at radius 2 is 2.00 bits per heavy atom. The highest BCUT2D eigenvalue weighted by Gasteiger charge is 2.10. The van der Waals surface area contributed by atoms with Gasteiger partial charge in [-0.05, 0) is 31.4 Å². The average Bonchev–Trinajstić information content (AvgIpc) is 2.30. The fraction of sp³-hybridized carbons (Fsp3) is 0.545. The maximum Gasteiger partial charge on any atom is 0.0852 e. The van der Waals surface area contributed by atoms with Crippen molar-refractivity contribution in [2.45, 2.75) is 25.9 Å². The Labute approximate surface area is 84.4 Å². The van der Waals surface area contributed by atoms with Gasteiger partial charge in [0.25, 0.3) is 0 Å². The smallest absolute Gasteiger partial charge is 0.0852 e. The van der Waals surface area contributed by atoms with Crippen LogP contribution in [0.25, 0.3) is 0 Å². The minimum absolute atomic E-state index is 0.0281. The zero-order valence-corrected chi connectivity index (χ0v) is 8.32. The van der Waals surface area contributed by atoms with Gasteiger partial charge in [0.05, 0.1) is 24.2 Å². The molecular formula is C11H16N2O. The van der Waals surface area contributed by atoms with Gasteiger partial charge in [-0.3, -0.25) is 4.98 Å². The Morgan fingerprint density at radius 3 is 2.57 bits per heavy atom. The molecule has 0 aromatic carbocycles. The van der Waals surface area contributed by atoms with Crippen LogP contribution in [0.2, 0.25) is 0 Å². The monoisotopic (exact) mass is 192 g/mol. The van der Waals surface area contributed by atoms with E-state index in [1.807, 2.05) is 18.3 Å². The number of rotatable bonds is 2. The second-order valence-electron chi connectivity index (χ2n) is 3.71. The summed E-state index contributed by atoms with van der Waals surface area (Å²) in [6.45, 7) is 2.31. The number of anilines is 1. The van der Waals surface area contributed by atoms with Crippen molar-refractivity contribution in [3.8, 4) is 0 Å². The van der Waals surface area contributed by atoms with E-state index in [0.717, 1.165) is 18.8 Å². The van der Waals surface area contributed by atoms with E-state index in [1.165, 1.54) is 24.9 Å². The van der Waals surface area contributed by atoms with Crippen LogP contribution in [0.15, 0.2) is 18.3 Å². The average molecular weight is 192 g/mol. The van der Waals surface area contributed by atoms with Crippen molar-refractivity contribution in [1.29, 1.82) is 0 Å². The predicted molar refractivity (Wildman–Crippen MR) is 56.2 cm³/mol. The lowest BCUT2D eigenvalue weighted by Crippen LogP contribution is -2.29. The molecule has 0 spiro atoms. The number of hydrogen-bond donors (Lipinski definition) is 1. The summed E-state index contributed by atoms with van der Waals surface area (Å²) in [6, 6.07) is 3.94. The minimum Gasteiger partial charge on any atom is -0.390 e. The van der Waals surface area contributed by atoms with Crippen LogP contribution < -0.4 is 4.90 Å². The first kappa shape index (κ1) is 9.46. The van der Waals surface area contributed by atoms with Gasteiger partial charge in [-0.1, -0.05) is 0 Å². The molecule has 0 amide bonds. The second-order valence-corrected chi connectivity index (χ2v) is 3.71. The fourth-order valence-electron chi connectivity index (χ4n) is 1.85. The molecule has 0 atom stereocenters. The molecule has 0 saturated carbocycles. The summed E-state index contributed by atoms with van der Waals surface area (Å²) in [5, 5.41) is 8.86. The van der Waals surface area contributed by atoms with Crippen molar-refractivity contribution in [1.82, 2.24) is 4.98 Å². The first-order chi connectivity index (χ1) is 6.90. The van der Waals surface area contributed by atoms with E-state index >= 15 is 0 Å². The lowest BCUT2D eigenvalue weighted by Gasteiger charge is -2.28. The van der Waals surface area contributed by atoms with Gasteiger partial charge in [-0.25, -0.2) is 0 Å². The number of hydrogen-bond acceptors (Lipinski definition) is 3. The maximum atomic E-state index is 8.86. The largest absolute Gasteiger partial charge is 0.390 e. The van der Waals surface area contributed by atoms with E-state index in [0.29, 0.717) is 0 Å². The molecule has 76 valence electrons. The van der Waals surface area contributed by atoms with Crippen molar-refractivity contribution >= 4 is 5.69 Å². The first-order valence-corrected chi connectivity index (χ1v) is 5.21. The van der Waals surface area contributed by atoms with Crippen molar-refractivity contribution in [2.24, 2.45) is 0 Å². The molecule has 1 aromatic rings. The predicted octanol–water partition coefficient (Wildman–Crippen LogP) is 1.56. The van der Waals surface area contributed by atoms with E-state index < -0.39 is 0 Å². The van der Waals surface area contributed by atoms with Crippen LogP contribution in [0.4, 0.5) is 5.69 Å². The highest BCUT2D eigenvalue weighted by Crippen LogP contribution is 2.18. The summed E-state index contributed by atoms with van der Waals surface area (Å²) in [7, 11) is 0. The number of aliphatic hydroxyl groups excluding tert-OH is 1. The summed E-state index contributed by atoms with van der Waals surface area (Å²) < 4.78 is 0. The number of piperidine rings is 1. The van der Waals surface area contributed by atoms with Gasteiger partial charge in [-0.15, -0.1) is 0 Å². The van der Waals surface area contributed by atoms with Gasteiger partial charge >= 0.3 is 0 Å². The van der Waals surface area contributed by atoms with E-state index in [-0.39, 0.29) is 6.61 Å². The SMILES string of the molecule is OCc1ccc(N2CCCCC2)cn1. The number of pyridine rings is 1. The third-order valence-corrected chi connectivity index (χ3v) is 2.69. The van der Waals surface area contributed by atoms with Crippen molar-refractivity contribution < 1.29 is 5.11 Å². The number of aromatic nitrogens is 1. The molecule has 1 aromatic heterocycles. The molecule has 1 aliphatic rings. The Bertz CT molecular complexity index is 278. The molecule has 2 rings (SSSR count). The van der Waals surface area contributed by atoms with Crippen LogP contribution in [0.3, 0.4) is 0 Å². The Kier molecular flexibility index (Phi) is 2.99. The first-order valence-electron chi connectivity index (χ1n) is 5.21. The Morgan fingerprint density at radius 1 is 1.21 bits per heavy atom. The third kappa shape index (κ3) is 2.04. The quantitative estimate of drug-likeness (QED) is 0.772. The van der Waals surface area contributed by atoms with Crippen LogP contribution in [-0.4, -0.2) is 23.2 Å². The standard InChI is InChI=1S/C11H16N2O/c14-9-10-4-5-11(8-12-10)13-6-2-1-3-7-13/h4-5,8,14H,1-3,6-7,9H2. The maximum absolute atomic E-state index is 8.86. The topological polar surface area (TPSA) is 36.4 Å². The van der Waals surface area contributed by atoms with Crippen LogP contribution >= 0.6 is 0 Å². The lowest BCUT2D eigenvalue weighted by atomic mass is 10.1. The van der Waals surface area contributed by atoms with Crippen molar-refractivity contribution in [3.05, 3.63) is 24.0 Å². The van der Waals surface area contributed by atoms with E-state index in [4.69, 9.17) is 5.11 Å². The van der Waals surface area contributed by atoms with Gasteiger partial charge in [0.15, 0.2) is 0 Å². The molecule has 2 heterocycles. The molecule has 14 heavy (non-hydrogen) atoms. The molecule has 0 unspecified atom stereocenters. The van der Waals surface area contributed by atoms with Crippen LogP contribution in [0.1, 0.15) is 25.0 Å². The number of nitrogens with zero attached hydrogens (tertiary/aromatic N) is 2. The second kappa shape index (κ2) is 4.42. The van der Waals surface area contributed by atoms with Gasteiger partial charge in [0.1, 0.15) is 0 Å². The molecular weight excluding hydrogens is 176 g/mol. The molecule has 1 aliphatic heterocycles. The summed E-state index contributed by atoms with van der Waals surface area (Å²) in [5.41, 5.74) is 1.92. The summed E-state index contributed by atoms with van der Waals surface area (Å²) in [4.78, 5) is 6.54. The van der Waals surface area contributed by atoms with Gasteiger partial charge in [0.2, 0.25) is 0 Å². The molecule has 0 radical (unpaired) electrons. The fourth-order valence-corrected chi connectivity index (χ4v) is 1.85. The van der Waals surface area contributed by atoms with Crippen molar-refractivity contribution in [3.63, 3.8) is 0 Å². The van der Waals surface area contributed by atoms with Gasteiger partial charge in [0, 0.05) is 13.1 Å². The number of aliphatic hydroxyl groups is 1. The van der Waals surface area contributed by atoms with E-state index in [1.54, 1.807) is 0 Å². The van der Waals surface area contributed by atoms with Crippen LogP contribution in [0.5, 0.6) is 0 Å². The molecule has 3 nitrogen and oxygen atoms in total. The zero-order chi connectivity index (χ0) is 9.80. The van der Waals surface area contributed by atoms with Crippen molar-refractivity contribution in [2.75, 3.05) is 18.0 Å². The summed E-state index contributed by atoms with van der Waals surface area (Å²) >= 11 is 0. The van der Waals surface area contributed by atoms with Crippen LogP contribution in [0, 0.1) is 0 Å². The summed E-state index contributed by atoms with van der Waals surface area (Å²) in [5.74, 6) is 0. The molecule has 1 N–H and O–H groups in total. The van der Waals surface area contributed by atoms with Crippen LogP contribution in [-0.2, 0) is 6.61 Å². The molecule has 3 heteroatoms. The lowest BCUT2D eigenvalue weighted by molar-refractivity contribution is 0.277. The molecule has 0 bridgehead atoms. The molecule has 1 saturated heterocycles. The minimum atomic E-state index is 0.0281. The zero-order valence-electron chi connectivity index (χ0n) is 8.32. The van der Waals surface area contributed by atoms with Gasteiger partial charge < -0.3 is 10.0 Å². The summed E-state index contributed by atoms with van der Waals surface area (Å²) in [6.07, 6.45) is 5.76. The Hall–Kier alpha value is -1.09. The highest BCUT2D eigenvalue weighted by molar-refractivity contribution is 5.44. The Balaban J connectivity index is 2.07. The van der Waals surface area contributed by atoms with Gasteiger partial charge in [-0.2, -0.15) is 0 Å². The highest BCUT2D eigenvalue weighted by atomic mass is 16.3.